The molecule has 2 aromatic rings. The van der Waals surface area contributed by atoms with Crippen LogP contribution in [0.4, 0.5) is 5.69 Å². The molecule has 0 aliphatic carbocycles. The molecule has 1 heterocycles. The molecule has 1 amide bonds. The highest BCUT2D eigenvalue weighted by Crippen LogP contribution is 2.19. The van der Waals surface area contributed by atoms with Gasteiger partial charge in [-0.2, -0.15) is 11.3 Å². The number of benzene rings is 1. The number of hydrogen-bond acceptors (Lipinski definition) is 3. The van der Waals surface area contributed by atoms with E-state index in [1.807, 2.05) is 5.38 Å². The fourth-order valence-electron chi connectivity index (χ4n) is 1.54. The number of anilines is 1. The molecule has 18 heavy (non-hydrogen) atoms. The smallest absolute Gasteiger partial charge is 0.251 e. The van der Waals surface area contributed by atoms with E-state index in [0.29, 0.717) is 22.8 Å². The van der Waals surface area contributed by atoms with E-state index in [9.17, 15) is 4.79 Å². The van der Waals surface area contributed by atoms with E-state index in [4.69, 9.17) is 17.3 Å². The molecule has 0 unspecified atom stereocenters. The zero-order valence-corrected chi connectivity index (χ0v) is 11.2. The third-order valence-corrected chi connectivity index (χ3v) is 3.61. The SMILES string of the molecule is Nc1cc(C(=O)NCCc2ccsc2)ccc1Cl. The van der Waals surface area contributed by atoms with Crippen LogP contribution >= 0.6 is 22.9 Å². The van der Waals surface area contributed by atoms with Gasteiger partial charge in [0, 0.05) is 12.1 Å². The molecular formula is C13H13ClN2OS. The van der Waals surface area contributed by atoms with Crippen molar-refractivity contribution in [3.63, 3.8) is 0 Å². The van der Waals surface area contributed by atoms with Crippen molar-refractivity contribution in [3.05, 3.63) is 51.2 Å². The predicted molar refractivity (Wildman–Crippen MR) is 76.2 cm³/mol. The van der Waals surface area contributed by atoms with Gasteiger partial charge in [0.25, 0.3) is 5.91 Å². The minimum absolute atomic E-state index is 0.131. The topological polar surface area (TPSA) is 55.1 Å². The van der Waals surface area contributed by atoms with Gasteiger partial charge in [-0.15, -0.1) is 0 Å². The summed E-state index contributed by atoms with van der Waals surface area (Å²) in [6.07, 6.45) is 0.832. The molecule has 3 N–H and O–H groups in total. The van der Waals surface area contributed by atoms with E-state index in [2.05, 4.69) is 16.8 Å². The van der Waals surface area contributed by atoms with Crippen LogP contribution in [0, 0.1) is 0 Å². The number of halogens is 1. The molecule has 0 aliphatic rings. The highest BCUT2D eigenvalue weighted by Gasteiger charge is 2.06. The quantitative estimate of drug-likeness (QED) is 0.846. The Bertz CT molecular complexity index is 540. The van der Waals surface area contributed by atoms with Crippen molar-refractivity contribution in [2.24, 2.45) is 0 Å². The molecule has 0 spiro atoms. The lowest BCUT2D eigenvalue weighted by atomic mass is 10.2. The molecule has 1 aromatic carbocycles. The zero-order valence-electron chi connectivity index (χ0n) is 9.65. The molecule has 94 valence electrons. The lowest BCUT2D eigenvalue weighted by molar-refractivity contribution is 0.0954. The molecule has 0 radical (unpaired) electrons. The summed E-state index contributed by atoms with van der Waals surface area (Å²) < 4.78 is 0. The Hall–Kier alpha value is -1.52. The highest BCUT2D eigenvalue weighted by molar-refractivity contribution is 7.07. The number of nitrogens with one attached hydrogen (secondary N) is 1. The molecular weight excluding hydrogens is 268 g/mol. The van der Waals surface area contributed by atoms with Crippen LogP contribution in [0.3, 0.4) is 0 Å². The van der Waals surface area contributed by atoms with Crippen molar-refractivity contribution in [1.82, 2.24) is 5.32 Å². The van der Waals surface area contributed by atoms with Crippen molar-refractivity contribution >= 4 is 34.5 Å². The van der Waals surface area contributed by atoms with Crippen LogP contribution in [-0.4, -0.2) is 12.5 Å². The Morgan fingerprint density at radius 1 is 1.39 bits per heavy atom. The molecule has 1 aromatic heterocycles. The minimum atomic E-state index is -0.131. The number of carbonyl (C=O) groups excluding carboxylic acids is 1. The van der Waals surface area contributed by atoms with Gasteiger partial charge in [0.15, 0.2) is 0 Å². The Balaban J connectivity index is 1.89. The molecule has 2 rings (SSSR count). The van der Waals surface area contributed by atoms with Gasteiger partial charge in [-0.25, -0.2) is 0 Å². The summed E-state index contributed by atoms with van der Waals surface area (Å²) in [4.78, 5) is 11.8. The second-order valence-corrected chi connectivity index (χ2v) is 5.06. The molecule has 5 heteroatoms. The Morgan fingerprint density at radius 3 is 2.89 bits per heavy atom. The number of hydrogen-bond donors (Lipinski definition) is 2. The first-order valence-electron chi connectivity index (χ1n) is 5.51. The number of rotatable bonds is 4. The fraction of sp³-hybridized carbons (Fsp3) is 0.154. The van der Waals surface area contributed by atoms with E-state index in [0.717, 1.165) is 6.42 Å². The Morgan fingerprint density at radius 2 is 2.22 bits per heavy atom. The number of nitrogen functional groups attached to an aromatic ring is 1. The summed E-state index contributed by atoms with van der Waals surface area (Å²) in [6.45, 7) is 0.609. The number of amides is 1. The molecule has 0 saturated heterocycles. The average Bonchev–Trinajstić information content (AvgIpc) is 2.85. The molecule has 0 aliphatic heterocycles. The molecule has 3 nitrogen and oxygen atoms in total. The summed E-state index contributed by atoms with van der Waals surface area (Å²) in [5.41, 5.74) is 7.83. The van der Waals surface area contributed by atoms with Gasteiger partial charge >= 0.3 is 0 Å². The van der Waals surface area contributed by atoms with Crippen LogP contribution in [0.2, 0.25) is 5.02 Å². The number of carbonyl (C=O) groups is 1. The maximum absolute atomic E-state index is 11.8. The van der Waals surface area contributed by atoms with Crippen molar-refractivity contribution in [3.8, 4) is 0 Å². The first kappa shape index (κ1) is 12.9. The van der Waals surface area contributed by atoms with Gasteiger partial charge < -0.3 is 11.1 Å². The van der Waals surface area contributed by atoms with Crippen LogP contribution in [-0.2, 0) is 6.42 Å². The molecule has 0 fully saturated rings. The van der Waals surface area contributed by atoms with E-state index < -0.39 is 0 Å². The standard InChI is InChI=1S/C13H13ClN2OS/c14-11-2-1-10(7-12(11)15)13(17)16-5-3-9-4-6-18-8-9/h1-2,4,6-8H,3,5,15H2,(H,16,17). The summed E-state index contributed by atoms with van der Waals surface area (Å²) >= 11 is 7.46. The first-order chi connectivity index (χ1) is 8.66. The second-order valence-electron chi connectivity index (χ2n) is 3.87. The average molecular weight is 281 g/mol. The van der Waals surface area contributed by atoms with Crippen molar-refractivity contribution < 1.29 is 4.79 Å². The van der Waals surface area contributed by atoms with E-state index in [1.165, 1.54) is 5.56 Å². The van der Waals surface area contributed by atoms with Crippen molar-refractivity contribution in [2.45, 2.75) is 6.42 Å². The zero-order chi connectivity index (χ0) is 13.0. The molecule has 0 atom stereocenters. The Labute approximate surface area is 115 Å². The van der Waals surface area contributed by atoms with Crippen LogP contribution < -0.4 is 11.1 Å². The largest absolute Gasteiger partial charge is 0.398 e. The third-order valence-electron chi connectivity index (χ3n) is 2.54. The lowest BCUT2D eigenvalue weighted by Crippen LogP contribution is -2.25. The lowest BCUT2D eigenvalue weighted by Gasteiger charge is -2.06. The van der Waals surface area contributed by atoms with Crippen molar-refractivity contribution in [2.75, 3.05) is 12.3 Å². The van der Waals surface area contributed by atoms with Crippen LogP contribution in [0.1, 0.15) is 15.9 Å². The monoisotopic (exact) mass is 280 g/mol. The van der Waals surface area contributed by atoms with E-state index >= 15 is 0 Å². The van der Waals surface area contributed by atoms with Gasteiger partial charge in [0.2, 0.25) is 0 Å². The minimum Gasteiger partial charge on any atom is -0.398 e. The molecule has 0 saturated carbocycles. The normalized spacial score (nSPS) is 10.3. The Kier molecular flexibility index (Phi) is 4.23. The number of nitrogens with two attached hydrogens (primary N) is 1. The van der Waals surface area contributed by atoms with Crippen LogP contribution in [0.15, 0.2) is 35.0 Å². The maximum atomic E-state index is 11.8. The van der Waals surface area contributed by atoms with Gasteiger partial charge in [-0.3, -0.25) is 4.79 Å². The highest BCUT2D eigenvalue weighted by atomic mass is 35.5. The van der Waals surface area contributed by atoms with E-state index in [-0.39, 0.29) is 5.91 Å². The summed E-state index contributed by atoms with van der Waals surface area (Å²) in [5, 5.41) is 7.41. The van der Waals surface area contributed by atoms with Crippen molar-refractivity contribution in [1.29, 1.82) is 0 Å². The van der Waals surface area contributed by atoms with Crippen LogP contribution in [0.25, 0.3) is 0 Å². The summed E-state index contributed by atoms with van der Waals surface area (Å²) in [7, 11) is 0. The predicted octanol–water partition coefficient (Wildman–Crippen LogP) is 2.96. The maximum Gasteiger partial charge on any atom is 0.251 e. The second kappa shape index (κ2) is 5.89. The van der Waals surface area contributed by atoms with Gasteiger partial charge in [0.05, 0.1) is 10.7 Å². The fourth-order valence-corrected chi connectivity index (χ4v) is 2.36. The summed E-state index contributed by atoms with van der Waals surface area (Å²) in [5.74, 6) is -0.131. The number of thiophene rings is 1. The van der Waals surface area contributed by atoms with Gasteiger partial charge in [-0.05, 0) is 47.0 Å². The van der Waals surface area contributed by atoms with E-state index in [1.54, 1.807) is 29.5 Å². The molecule has 0 bridgehead atoms. The third kappa shape index (κ3) is 3.24. The first-order valence-corrected chi connectivity index (χ1v) is 6.83. The van der Waals surface area contributed by atoms with Gasteiger partial charge in [-0.1, -0.05) is 11.6 Å². The summed E-state index contributed by atoms with van der Waals surface area (Å²) in [6, 6.07) is 6.93. The van der Waals surface area contributed by atoms with Crippen LogP contribution in [0.5, 0.6) is 0 Å². The van der Waals surface area contributed by atoms with Gasteiger partial charge in [0.1, 0.15) is 0 Å².